The molecule has 0 radical (unpaired) electrons. The molecule has 1 amide bonds. The summed E-state index contributed by atoms with van der Waals surface area (Å²) in [5.41, 5.74) is 6.49. The Kier molecular flexibility index (Phi) is 4.42. The van der Waals surface area contributed by atoms with Gasteiger partial charge in [-0.05, 0) is 38.3 Å². The number of furan rings is 1. The highest BCUT2D eigenvalue weighted by Gasteiger charge is 2.31. The summed E-state index contributed by atoms with van der Waals surface area (Å²) in [4.78, 5) is 14.4. The van der Waals surface area contributed by atoms with Crippen LogP contribution in [0.4, 0.5) is 0 Å². The van der Waals surface area contributed by atoms with E-state index in [4.69, 9.17) is 10.2 Å². The standard InChI is InChI=1S/C14H22N2O2/c1-2-16(14(17)12-7-8-18-10-12)13-6-4-3-5-11(13)9-15/h7-8,10-11,13H,2-6,9,15H2,1H3. The van der Waals surface area contributed by atoms with Crippen LogP contribution in [0.2, 0.25) is 0 Å². The first-order chi connectivity index (χ1) is 8.77. The lowest BCUT2D eigenvalue weighted by Gasteiger charge is -2.39. The van der Waals surface area contributed by atoms with E-state index in [0.29, 0.717) is 18.0 Å². The number of carbonyl (C=O) groups excluding carboxylic acids is 1. The van der Waals surface area contributed by atoms with Crippen LogP contribution in [0.1, 0.15) is 43.0 Å². The van der Waals surface area contributed by atoms with Crippen molar-refractivity contribution in [1.82, 2.24) is 4.90 Å². The molecule has 2 atom stereocenters. The summed E-state index contributed by atoms with van der Waals surface area (Å²) in [5.74, 6) is 0.506. The van der Waals surface area contributed by atoms with Gasteiger partial charge >= 0.3 is 0 Å². The molecule has 2 N–H and O–H groups in total. The Bertz CT molecular complexity index is 375. The zero-order valence-corrected chi connectivity index (χ0v) is 11.0. The van der Waals surface area contributed by atoms with E-state index in [-0.39, 0.29) is 11.9 Å². The molecule has 4 heteroatoms. The van der Waals surface area contributed by atoms with Crippen LogP contribution in [-0.4, -0.2) is 29.9 Å². The minimum Gasteiger partial charge on any atom is -0.472 e. The Morgan fingerprint density at radius 2 is 2.28 bits per heavy atom. The molecular weight excluding hydrogens is 228 g/mol. The molecular formula is C14H22N2O2. The van der Waals surface area contributed by atoms with Gasteiger partial charge in [-0.3, -0.25) is 4.79 Å². The minimum absolute atomic E-state index is 0.0663. The number of hydrogen-bond acceptors (Lipinski definition) is 3. The minimum atomic E-state index is 0.0663. The van der Waals surface area contributed by atoms with Crippen molar-refractivity contribution < 1.29 is 9.21 Å². The first-order valence-electron chi connectivity index (χ1n) is 6.81. The van der Waals surface area contributed by atoms with Crippen molar-refractivity contribution in [3.63, 3.8) is 0 Å². The lowest BCUT2D eigenvalue weighted by molar-refractivity contribution is 0.0559. The molecule has 1 aliphatic carbocycles. The number of hydrogen-bond donors (Lipinski definition) is 1. The average Bonchev–Trinajstić information content (AvgIpc) is 2.94. The van der Waals surface area contributed by atoms with E-state index in [1.54, 1.807) is 12.3 Å². The van der Waals surface area contributed by atoms with E-state index >= 15 is 0 Å². The first-order valence-corrected chi connectivity index (χ1v) is 6.81. The highest BCUT2D eigenvalue weighted by Crippen LogP contribution is 2.28. The maximum absolute atomic E-state index is 12.4. The fourth-order valence-corrected chi connectivity index (χ4v) is 2.95. The normalized spacial score (nSPS) is 23.9. The Morgan fingerprint density at radius 3 is 2.89 bits per heavy atom. The van der Waals surface area contributed by atoms with Crippen molar-refractivity contribution in [2.24, 2.45) is 11.7 Å². The predicted molar refractivity (Wildman–Crippen MR) is 70.2 cm³/mol. The van der Waals surface area contributed by atoms with Crippen molar-refractivity contribution >= 4 is 5.91 Å². The van der Waals surface area contributed by atoms with Gasteiger partial charge in [0, 0.05) is 12.6 Å². The van der Waals surface area contributed by atoms with Crippen molar-refractivity contribution in [3.8, 4) is 0 Å². The molecule has 1 aromatic rings. The summed E-state index contributed by atoms with van der Waals surface area (Å²) in [6.07, 6.45) is 7.69. The van der Waals surface area contributed by atoms with Crippen molar-refractivity contribution in [2.45, 2.75) is 38.6 Å². The van der Waals surface area contributed by atoms with Gasteiger partial charge in [0.2, 0.25) is 0 Å². The van der Waals surface area contributed by atoms with Gasteiger partial charge in [-0.2, -0.15) is 0 Å². The number of carbonyl (C=O) groups is 1. The molecule has 4 nitrogen and oxygen atoms in total. The van der Waals surface area contributed by atoms with Crippen LogP contribution in [0, 0.1) is 5.92 Å². The highest BCUT2D eigenvalue weighted by atomic mass is 16.3. The summed E-state index contributed by atoms with van der Waals surface area (Å²) < 4.78 is 5.00. The summed E-state index contributed by atoms with van der Waals surface area (Å²) in [6, 6.07) is 2.02. The van der Waals surface area contributed by atoms with E-state index in [1.165, 1.54) is 19.1 Å². The van der Waals surface area contributed by atoms with Gasteiger partial charge in [-0.15, -0.1) is 0 Å². The molecule has 1 aromatic heterocycles. The highest BCUT2D eigenvalue weighted by molar-refractivity contribution is 5.94. The van der Waals surface area contributed by atoms with E-state index < -0.39 is 0 Å². The molecule has 100 valence electrons. The second-order valence-electron chi connectivity index (χ2n) is 4.95. The second-order valence-corrected chi connectivity index (χ2v) is 4.95. The molecule has 0 bridgehead atoms. The van der Waals surface area contributed by atoms with Crippen LogP contribution in [-0.2, 0) is 0 Å². The van der Waals surface area contributed by atoms with E-state index in [2.05, 4.69) is 0 Å². The van der Waals surface area contributed by atoms with E-state index in [0.717, 1.165) is 19.4 Å². The molecule has 0 aliphatic heterocycles. The fraction of sp³-hybridized carbons (Fsp3) is 0.643. The molecule has 1 aliphatic rings. The molecule has 2 rings (SSSR count). The Labute approximate surface area is 108 Å². The van der Waals surface area contributed by atoms with Crippen molar-refractivity contribution in [3.05, 3.63) is 24.2 Å². The zero-order valence-electron chi connectivity index (χ0n) is 11.0. The van der Waals surface area contributed by atoms with Gasteiger partial charge < -0.3 is 15.1 Å². The van der Waals surface area contributed by atoms with Crippen LogP contribution in [0.25, 0.3) is 0 Å². The SMILES string of the molecule is CCN(C(=O)c1ccoc1)C1CCCCC1CN. The summed E-state index contributed by atoms with van der Waals surface area (Å²) >= 11 is 0. The van der Waals surface area contributed by atoms with Crippen LogP contribution in [0.3, 0.4) is 0 Å². The zero-order chi connectivity index (χ0) is 13.0. The largest absolute Gasteiger partial charge is 0.472 e. The average molecular weight is 250 g/mol. The lowest BCUT2D eigenvalue weighted by atomic mass is 9.83. The monoisotopic (exact) mass is 250 g/mol. The molecule has 1 heterocycles. The molecule has 1 fully saturated rings. The molecule has 1 saturated carbocycles. The third-order valence-electron chi connectivity index (χ3n) is 3.94. The molecule has 0 saturated heterocycles. The maximum atomic E-state index is 12.4. The Morgan fingerprint density at radius 1 is 1.50 bits per heavy atom. The van der Waals surface area contributed by atoms with Gasteiger partial charge in [-0.1, -0.05) is 12.8 Å². The van der Waals surface area contributed by atoms with Gasteiger partial charge in [0.05, 0.1) is 11.8 Å². The summed E-state index contributed by atoms with van der Waals surface area (Å²) in [6.45, 7) is 3.42. The van der Waals surface area contributed by atoms with Crippen LogP contribution in [0.15, 0.2) is 23.0 Å². The Balaban J connectivity index is 2.14. The van der Waals surface area contributed by atoms with Gasteiger partial charge in [0.25, 0.3) is 5.91 Å². The third kappa shape index (κ3) is 2.58. The van der Waals surface area contributed by atoms with Crippen LogP contribution < -0.4 is 5.73 Å². The molecule has 0 spiro atoms. The van der Waals surface area contributed by atoms with Crippen LogP contribution in [0.5, 0.6) is 0 Å². The molecule has 0 aromatic carbocycles. The Hall–Kier alpha value is -1.29. The lowest BCUT2D eigenvalue weighted by Crippen LogP contribution is -2.47. The number of amides is 1. The van der Waals surface area contributed by atoms with E-state index in [1.807, 2.05) is 11.8 Å². The van der Waals surface area contributed by atoms with Crippen molar-refractivity contribution in [1.29, 1.82) is 0 Å². The fourth-order valence-electron chi connectivity index (χ4n) is 2.95. The number of nitrogens with two attached hydrogens (primary N) is 1. The second kappa shape index (κ2) is 6.05. The van der Waals surface area contributed by atoms with Crippen molar-refractivity contribution in [2.75, 3.05) is 13.1 Å². The summed E-state index contributed by atoms with van der Waals surface area (Å²) in [5, 5.41) is 0. The van der Waals surface area contributed by atoms with Gasteiger partial charge in [0.1, 0.15) is 6.26 Å². The predicted octanol–water partition coefficient (Wildman–Crippen LogP) is 2.26. The molecule has 2 unspecified atom stereocenters. The van der Waals surface area contributed by atoms with Gasteiger partial charge in [-0.25, -0.2) is 0 Å². The topological polar surface area (TPSA) is 59.5 Å². The summed E-state index contributed by atoms with van der Waals surface area (Å²) in [7, 11) is 0. The quantitative estimate of drug-likeness (QED) is 0.891. The smallest absolute Gasteiger partial charge is 0.257 e. The van der Waals surface area contributed by atoms with E-state index in [9.17, 15) is 4.79 Å². The first kappa shape index (κ1) is 13.1. The number of rotatable bonds is 4. The van der Waals surface area contributed by atoms with Crippen LogP contribution >= 0.6 is 0 Å². The third-order valence-corrected chi connectivity index (χ3v) is 3.94. The number of nitrogens with zero attached hydrogens (tertiary/aromatic N) is 1. The van der Waals surface area contributed by atoms with Gasteiger partial charge in [0.15, 0.2) is 0 Å². The molecule has 18 heavy (non-hydrogen) atoms. The maximum Gasteiger partial charge on any atom is 0.257 e.